The van der Waals surface area contributed by atoms with Crippen molar-refractivity contribution in [1.29, 1.82) is 0 Å². The van der Waals surface area contributed by atoms with Gasteiger partial charge in [0.1, 0.15) is 5.82 Å². The van der Waals surface area contributed by atoms with E-state index >= 15 is 0 Å². The van der Waals surface area contributed by atoms with Crippen molar-refractivity contribution in [2.24, 2.45) is 5.73 Å². The lowest BCUT2D eigenvalue weighted by atomic mass is 9.72. The molecule has 1 saturated carbocycles. The number of alkyl halides is 3. The van der Waals surface area contributed by atoms with Crippen molar-refractivity contribution < 1.29 is 17.9 Å². The summed E-state index contributed by atoms with van der Waals surface area (Å²) in [4.78, 5) is 2.12. The van der Waals surface area contributed by atoms with Crippen LogP contribution in [0.15, 0.2) is 0 Å². The molecule has 0 unspecified atom stereocenters. The predicted molar refractivity (Wildman–Crippen MR) is 67.3 cm³/mol. The van der Waals surface area contributed by atoms with Crippen LogP contribution in [0.5, 0.6) is 0 Å². The highest BCUT2D eigenvalue weighted by atomic mass is 19.4. The van der Waals surface area contributed by atoms with E-state index in [-0.39, 0.29) is 18.2 Å². The standard InChI is InChI=1S/C12H18F3N5O/c1-21-8-4-11(5-8,7-16)19-2-3-20-9(6-19)17-18-10(20)12(13,14)15/h8H,2-7,16H2,1H3. The number of fused-ring (bicyclic) bond motifs is 1. The lowest BCUT2D eigenvalue weighted by Gasteiger charge is -2.54. The molecule has 6 nitrogen and oxygen atoms in total. The molecule has 0 radical (unpaired) electrons. The number of hydrogen-bond acceptors (Lipinski definition) is 5. The number of hydrogen-bond donors (Lipinski definition) is 1. The van der Waals surface area contributed by atoms with Gasteiger partial charge in [-0.2, -0.15) is 13.2 Å². The molecule has 0 amide bonds. The third-order valence-corrected chi connectivity index (χ3v) is 4.61. The molecule has 9 heteroatoms. The van der Waals surface area contributed by atoms with Gasteiger partial charge in [0.2, 0.25) is 5.82 Å². The van der Waals surface area contributed by atoms with Gasteiger partial charge in [-0.15, -0.1) is 10.2 Å². The minimum atomic E-state index is -4.46. The second-order valence-electron chi connectivity index (χ2n) is 5.71. The minimum absolute atomic E-state index is 0.180. The number of ether oxygens (including phenoxy) is 1. The quantitative estimate of drug-likeness (QED) is 0.886. The van der Waals surface area contributed by atoms with Crippen molar-refractivity contribution in [1.82, 2.24) is 19.7 Å². The smallest absolute Gasteiger partial charge is 0.381 e. The van der Waals surface area contributed by atoms with Crippen LogP contribution in [-0.4, -0.2) is 51.5 Å². The molecule has 3 rings (SSSR count). The fourth-order valence-electron chi connectivity index (χ4n) is 3.28. The summed E-state index contributed by atoms with van der Waals surface area (Å²) in [6.45, 7) is 1.56. The molecule has 0 saturated heterocycles. The molecule has 2 N–H and O–H groups in total. The van der Waals surface area contributed by atoms with E-state index in [4.69, 9.17) is 10.5 Å². The minimum Gasteiger partial charge on any atom is -0.381 e. The Morgan fingerprint density at radius 2 is 2.05 bits per heavy atom. The molecule has 1 aliphatic heterocycles. The van der Waals surface area contributed by atoms with Crippen LogP contribution < -0.4 is 5.73 Å². The fraction of sp³-hybridized carbons (Fsp3) is 0.833. The van der Waals surface area contributed by atoms with E-state index in [1.807, 2.05) is 0 Å². The Morgan fingerprint density at radius 1 is 1.33 bits per heavy atom. The van der Waals surface area contributed by atoms with Crippen LogP contribution in [0.25, 0.3) is 0 Å². The highest BCUT2D eigenvalue weighted by Crippen LogP contribution is 2.41. The van der Waals surface area contributed by atoms with E-state index in [9.17, 15) is 13.2 Å². The molecule has 0 atom stereocenters. The van der Waals surface area contributed by atoms with E-state index in [0.29, 0.717) is 25.5 Å². The van der Waals surface area contributed by atoms with Crippen LogP contribution >= 0.6 is 0 Å². The average Bonchev–Trinajstić information content (AvgIpc) is 2.81. The zero-order valence-electron chi connectivity index (χ0n) is 11.7. The lowest BCUT2D eigenvalue weighted by molar-refractivity contribution is -0.148. The first-order valence-corrected chi connectivity index (χ1v) is 6.87. The highest BCUT2D eigenvalue weighted by Gasteiger charge is 2.49. The summed E-state index contributed by atoms with van der Waals surface area (Å²) >= 11 is 0. The molecule has 2 aliphatic rings. The van der Waals surface area contributed by atoms with Gasteiger partial charge in [-0.1, -0.05) is 0 Å². The van der Waals surface area contributed by atoms with Gasteiger partial charge < -0.3 is 15.0 Å². The Kier molecular flexibility index (Phi) is 3.45. The molecule has 2 heterocycles. The van der Waals surface area contributed by atoms with Crippen molar-refractivity contribution in [2.75, 3.05) is 20.2 Å². The largest absolute Gasteiger partial charge is 0.451 e. The van der Waals surface area contributed by atoms with Gasteiger partial charge in [-0.05, 0) is 12.8 Å². The van der Waals surface area contributed by atoms with Crippen molar-refractivity contribution in [2.45, 2.75) is 43.8 Å². The van der Waals surface area contributed by atoms with Crippen molar-refractivity contribution in [3.63, 3.8) is 0 Å². The van der Waals surface area contributed by atoms with Crippen LogP contribution in [0.1, 0.15) is 24.5 Å². The number of rotatable bonds is 3. The molecular formula is C12H18F3N5O. The van der Waals surface area contributed by atoms with Crippen molar-refractivity contribution in [3.8, 4) is 0 Å². The summed E-state index contributed by atoms with van der Waals surface area (Å²) in [6, 6.07) is 0. The van der Waals surface area contributed by atoms with E-state index in [1.54, 1.807) is 7.11 Å². The third-order valence-electron chi connectivity index (χ3n) is 4.61. The van der Waals surface area contributed by atoms with Gasteiger partial charge in [-0.3, -0.25) is 4.90 Å². The molecule has 1 aromatic rings. The van der Waals surface area contributed by atoms with Crippen LogP contribution in [0.2, 0.25) is 0 Å². The predicted octanol–water partition coefficient (Wildman–Crippen LogP) is 0.619. The summed E-state index contributed by atoms with van der Waals surface area (Å²) in [7, 11) is 1.66. The summed E-state index contributed by atoms with van der Waals surface area (Å²) < 4.78 is 44.9. The first kappa shape index (κ1) is 14.7. The maximum atomic E-state index is 12.8. The normalized spacial score (nSPS) is 30.0. The van der Waals surface area contributed by atoms with E-state index in [1.165, 1.54) is 0 Å². The Hall–Kier alpha value is -1.19. The van der Waals surface area contributed by atoms with Crippen molar-refractivity contribution >= 4 is 0 Å². The van der Waals surface area contributed by atoms with Gasteiger partial charge in [0.25, 0.3) is 0 Å². The fourth-order valence-corrected chi connectivity index (χ4v) is 3.28. The summed E-state index contributed by atoms with van der Waals surface area (Å²) in [6.07, 6.45) is -2.67. The van der Waals surface area contributed by atoms with Crippen LogP contribution in [-0.2, 0) is 24.0 Å². The van der Waals surface area contributed by atoms with Gasteiger partial charge >= 0.3 is 6.18 Å². The Morgan fingerprint density at radius 3 is 2.62 bits per heavy atom. The molecular weight excluding hydrogens is 287 g/mol. The number of methoxy groups -OCH3 is 1. The number of aromatic nitrogens is 3. The first-order chi connectivity index (χ1) is 9.89. The molecule has 1 fully saturated rings. The molecule has 21 heavy (non-hydrogen) atoms. The number of nitrogens with two attached hydrogens (primary N) is 1. The summed E-state index contributed by atoms with van der Waals surface area (Å²) in [5.74, 6) is -0.565. The SMILES string of the molecule is COC1CC(CN)(N2CCn3c(nnc3C(F)(F)F)C2)C1. The maximum absolute atomic E-state index is 12.8. The van der Waals surface area contributed by atoms with Gasteiger partial charge in [0.15, 0.2) is 0 Å². The van der Waals surface area contributed by atoms with Crippen LogP contribution in [0, 0.1) is 0 Å². The molecule has 118 valence electrons. The first-order valence-electron chi connectivity index (χ1n) is 6.87. The number of halogens is 3. The Labute approximate surface area is 120 Å². The molecule has 0 aromatic carbocycles. The highest BCUT2D eigenvalue weighted by molar-refractivity contribution is 5.09. The van der Waals surface area contributed by atoms with Crippen LogP contribution in [0.3, 0.4) is 0 Å². The van der Waals surface area contributed by atoms with E-state index < -0.39 is 12.0 Å². The molecule has 0 bridgehead atoms. The monoisotopic (exact) mass is 305 g/mol. The molecule has 1 aromatic heterocycles. The Balaban J connectivity index is 1.78. The second kappa shape index (κ2) is 4.92. The lowest BCUT2D eigenvalue weighted by Crippen LogP contribution is -2.65. The Bertz CT molecular complexity index is 523. The topological polar surface area (TPSA) is 69.2 Å². The zero-order valence-corrected chi connectivity index (χ0v) is 11.7. The third kappa shape index (κ3) is 2.33. The van der Waals surface area contributed by atoms with Gasteiger partial charge in [0.05, 0.1) is 12.6 Å². The molecule has 1 aliphatic carbocycles. The van der Waals surface area contributed by atoms with Gasteiger partial charge in [0, 0.05) is 32.3 Å². The van der Waals surface area contributed by atoms with Crippen LogP contribution in [0.4, 0.5) is 13.2 Å². The van der Waals surface area contributed by atoms with Gasteiger partial charge in [-0.25, -0.2) is 0 Å². The second-order valence-corrected chi connectivity index (χ2v) is 5.71. The number of nitrogens with zero attached hydrogens (tertiary/aromatic N) is 4. The molecule has 0 spiro atoms. The van der Waals surface area contributed by atoms with Crippen molar-refractivity contribution in [3.05, 3.63) is 11.6 Å². The average molecular weight is 305 g/mol. The summed E-state index contributed by atoms with van der Waals surface area (Å²) in [5, 5.41) is 6.99. The van der Waals surface area contributed by atoms with E-state index in [2.05, 4.69) is 15.1 Å². The van der Waals surface area contributed by atoms with E-state index in [0.717, 1.165) is 17.4 Å². The maximum Gasteiger partial charge on any atom is 0.451 e. The summed E-state index contributed by atoms with van der Waals surface area (Å²) in [5.41, 5.74) is 5.71. The zero-order chi connectivity index (χ0) is 15.3.